The number of rotatable bonds is 9. The maximum atomic E-state index is 5.11. The van der Waals surface area contributed by atoms with Crippen LogP contribution in [0.5, 0.6) is 0 Å². The summed E-state index contributed by atoms with van der Waals surface area (Å²) in [5.74, 6) is 0.927. The molecule has 1 unspecified atom stereocenters. The number of nitrogens with one attached hydrogen (secondary N) is 1. The van der Waals surface area contributed by atoms with Crippen molar-refractivity contribution in [3.05, 3.63) is 229 Å². The molecule has 2 heterocycles. The number of hydrogen-bond acceptors (Lipinski definition) is 2. The van der Waals surface area contributed by atoms with Crippen LogP contribution in [0.2, 0.25) is 0 Å². The van der Waals surface area contributed by atoms with E-state index in [4.69, 9.17) is 4.99 Å². The molecule has 4 heteroatoms. The Morgan fingerprint density at radius 3 is 2.29 bits per heavy atom. The first kappa shape index (κ1) is 38.8. The zero-order chi connectivity index (χ0) is 42.2. The number of aliphatic imine (C=N–C) groups is 1. The van der Waals surface area contributed by atoms with Crippen molar-refractivity contribution in [3.8, 4) is 11.1 Å². The van der Waals surface area contributed by atoms with Crippen molar-refractivity contribution in [2.24, 2.45) is 4.99 Å². The highest BCUT2D eigenvalue weighted by Crippen LogP contribution is 2.52. The molecule has 1 aliphatic heterocycles. The van der Waals surface area contributed by atoms with Crippen molar-refractivity contribution in [1.29, 1.82) is 0 Å². The summed E-state index contributed by atoms with van der Waals surface area (Å²) in [5, 5.41) is 8.85. The van der Waals surface area contributed by atoms with Gasteiger partial charge >= 0.3 is 0 Å². The van der Waals surface area contributed by atoms with Gasteiger partial charge in [-0.25, -0.2) is 4.99 Å². The van der Waals surface area contributed by atoms with E-state index >= 15 is 0 Å². The molecule has 7 aromatic carbocycles. The number of benzene rings is 7. The Hall–Kier alpha value is -7.43. The SMILES string of the molecule is C=C(N=C(N[C@H](C)c1ccccc1)c1ccc(N2/C(=C/C=C\C)C(C)c3c(-c4ccc5c(c4)c4c6ccccc6ccc4n5C4=CCCC=C4)cccc32)cc1)c1ccccc1. The van der Waals surface area contributed by atoms with E-state index in [1.807, 2.05) is 24.3 Å². The van der Waals surface area contributed by atoms with Crippen LogP contribution >= 0.6 is 0 Å². The summed E-state index contributed by atoms with van der Waals surface area (Å²) in [5.41, 5.74) is 15.0. The second-order valence-corrected chi connectivity index (χ2v) is 16.4. The Morgan fingerprint density at radius 2 is 1.52 bits per heavy atom. The van der Waals surface area contributed by atoms with Crippen molar-refractivity contribution in [1.82, 2.24) is 9.88 Å². The predicted octanol–water partition coefficient (Wildman–Crippen LogP) is 15.3. The molecule has 1 N–H and O–H groups in total. The summed E-state index contributed by atoms with van der Waals surface area (Å²) >= 11 is 0. The molecule has 0 saturated carbocycles. The summed E-state index contributed by atoms with van der Waals surface area (Å²) in [6.07, 6.45) is 15.6. The van der Waals surface area contributed by atoms with Gasteiger partial charge < -0.3 is 14.8 Å². The van der Waals surface area contributed by atoms with E-state index in [0.717, 1.165) is 35.5 Å². The van der Waals surface area contributed by atoms with Crippen LogP contribution in [-0.4, -0.2) is 10.4 Å². The van der Waals surface area contributed by atoms with Crippen LogP contribution in [0.25, 0.3) is 55.1 Å². The molecule has 1 aromatic heterocycles. The largest absolute Gasteiger partial charge is 0.363 e. The van der Waals surface area contributed by atoms with E-state index in [0.29, 0.717) is 5.70 Å². The molecule has 0 amide bonds. The number of fused-ring (bicyclic) bond motifs is 6. The van der Waals surface area contributed by atoms with Gasteiger partial charge in [-0.1, -0.05) is 147 Å². The first-order valence-electron chi connectivity index (χ1n) is 21.8. The van der Waals surface area contributed by atoms with E-state index < -0.39 is 0 Å². The predicted molar refractivity (Wildman–Crippen MR) is 265 cm³/mol. The van der Waals surface area contributed by atoms with Crippen molar-refractivity contribution in [2.75, 3.05) is 4.90 Å². The van der Waals surface area contributed by atoms with E-state index in [9.17, 15) is 0 Å². The monoisotopic (exact) mass is 802 g/mol. The fraction of sp³-hybridized carbons (Fsp3) is 0.121. The second kappa shape index (κ2) is 16.6. The van der Waals surface area contributed by atoms with Gasteiger partial charge in [-0.2, -0.15) is 0 Å². The van der Waals surface area contributed by atoms with Gasteiger partial charge in [0, 0.05) is 45.4 Å². The molecule has 2 atom stereocenters. The summed E-state index contributed by atoms with van der Waals surface area (Å²) in [4.78, 5) is 7.55. The lowest BCUT2D eigenvalue weighted by molar-refractivity contribution is 0.717. The van der Waals surface area contributed by atoms with Gasteiger partial charge in [0.2, 0.25) is 0 Å². The highest BCUT2D eigenvalue weighted by atomic mass is 15.2. The first-order chi connectivity index (χ1) is 30.5. The van der Waals surface area contributed by atoms with Crippen LogP contribution in [0.3, 0.4) is 0 Å². The molecule has 4 nitrogen and oxygen atoms in total. The molecule has 0 saturated heterocycles. The number of amidine groups is 1. The quantitative estimate of drug-likeness (QED) is 0.116. The molecule has 0 spiro atoms. The minimum absolute atomic E-state index is 0.0361. The van der Waals surface area contributed by atoms with Gasteiger partial charge in [0.05, 0.1) is 22.4 Å². The van der Waals surface area contributed by atoms with E-state index in [1.54, 1.807) is 0 Å². The van der Waals surface area contributed by atoms with Gasteiger partial charge in [0.1, 0.15) is 5.84 Å². The fourth-order valence-corrected chi connectivity index (χ4v) is 9.45. The van der Waals surface area contributed by atoms with Gasteiger partial charge in [-0.05, 0) is 126 Å². The maximum absolute atomic E-state index is 5.11. The fourth-order valence-electron chi connectivity index (χ4n) is 9.45. The topological polar surface area (TPSA) is 32.6 Å². The minimum atomic E-state index is 0.0361. The molecule has 10 rings (SSSR count). The smallest absolute Gasteiger partial charge is 0.134 e. The van der Waals surface area contributed by atoms with E-state index in [-0.39, 0.29) is 12.0 Å². The lowest BCUT2D eigenvalue weighted by Crippen LogP contribution is -2.27. The lowest BCUT2D eigenvalue weighted by atomic mass is 9.90. The van der Waals surface area contributed by atoms with Gasteiger partial charge in [-0.15, -0.1) is 0 Å². The molecule has 0 radical (unpaired) electrons. The normalized spacial score (nSPS) is 16.4. The van der Waals surface area contributed by atoms with E-state index in [2.05, 4.69) is 212 Å². The molecule has 62 heavy (non-hydrogen) atoms. The summed E-state index contributed by atoms with van der Waals surface area (Å²) in [6, 6.07) is 56.8. The Bertz CT molecular complexity index is 3140. The Kier molecular flexibility index (Phi) is 10.3. The summed E-state index contributed by atoms with van der Waals surface area (Å²) in [6.45, 7) is 11.0. The summed E-state index contributed by atoms with van der Waals surface area (Å²) in [7, 11) is 0. The van der Waals surface area contributed by atoms with Crippen LogP contribution in [0, 0.1) is 0 Å². The second-order valence-electron chi connectivity index (χ2n) is 16.4. The molecule has 8 aromatic rings. The average Bonchev–Trinajstić information content (AvgIpc) is 3.82. The molecule has 1 aliphatic carbocycles. The number of hydrogen-bond donors (Lipinski definition) is 1. The zero-order valence-corrected chi connectivity index (χ0v) is 35.6. The zero-order valence-electron chi connectivity index (χ0n) is 35.6. The van der Waals surface area contributed by atoms with Gasteiger partial charge in [0.15, 0.2) is 0 Å². The average molecular weight is 803 g/mol. The number of aromatic nitrogens is 1. The Labute approximate surface area is 364 Å². The van der Waals surface area contributed by atoms with E-state index in [1.165, 1.54) is 71.9 Å². The molecular formula is C58H50N4. The Balaban J connectivity index is 1.07. The number of allylic oxidation sites excluding steroid dienone is 8. The molecular weight excluding hydrogens is 753 g/mol. The highest BCUT2D eigenvalue weighted by molar-refractivity contribution is 6.22. The number of anilines is 2. The van der Waals surface area contributed by atoms with Crippen LogP contribution in [0.4, 0.5) is 11.4 Å². The third-order valence-electron chi connectivity index (χ3n) is 12.5. The molecule has 302 valence electrons. The standard InChI is InChI=1S/C58H50N4/c1-5-6-28-52-39(2)56-50(46-33-36-53-51(38-46)57-49-26-17-16-23-44(49)32-37-55(57)62(53)47-24-14-9-15-25-47)27-18-29-54(56)61(52)48-34-30-45(31-35-48)58(59-40(3)42-19-10-7-11-20-42)60-41(4)43-21-12-8-13-22-43/h5-8,10-14,16-39,41H,3,9,15H2,1-2,4H3,(H,59,60)/b6-5-,52-28+/t39?,41-/m1/s1. The van der Waals surface area contributed by atoms with Crippen molar-refractivity contribution < 1.29 is 0 Å². The molecule has 2 aliphatic rings. The van der Waals surface area contributed by atoms with Crippen LogP contribution < -0.4 is 10.2 Å². The van der Waals surface area contributed by atoms with Crippen LogP contribution in [-0.2, 0) is 0 Å². The third-order valence-corrected chi connectivity index (χ3v) is 12.5. The maximum Gasteiger partial charge on any atom is 0.134 e. The van der Waals surface area contributed by atoms with Crippen LogP contribution in [0.1, 0.15) is 67.8 Å². The first-order valence-corrected chi connectivity index (χ1v) is 21.8. The number of nitrogens with zero attached hydrogens (tertiary/aromatic N) is 3. The molecule has 0 fully saturated rings. The summed E-state index contributed by atoms with van der Waals surface area (Å²) < 4.78 is 2.46. The highest BCUT2D eigenvalue weighted by Gasteiger charge is 2.34. The minimum Gasteiger partial charge on any atom is -0.363 e. The van der Waals surface area contributed by atoms with Crippen LogP contribution in [0.15, 0.2) is 211 Å². The third kappa shape index (κ3) is 6.98. The molecule has 0 bridgehead atoms. The van der Waals surface area contributed by atoms with Gasteiger partial charge in [-0.3, -0.25) is 0 Å². The van der Waals surface area contributed by atoms with Crippen molar-refractivity contribution in [2.45, 2.75) is 45.6 Å². The van der Waals surface area contributed by atoms with Gasteiger partial charge in [0.25, 0.3) is 0 Å². The Morgan fingerprint density at radius 1 is 0.758 bits per heavy atom. The lowest BCUT2D eigenvalue weighted by Gasteiger charge is -2.24. The van der Waals surface area contributed by atoms with Crippen molar-refractivity contribution >= 4 is 61.2 Å². The van der Waals surface area contributed by atoms with Crippen molar-refractivity contribution in [3.63, 3.8) is 0 Å².